The fraction of sp³-hybridized carbons (Fsp3) is 0.448. The van der Waals surface area contributed by atoms with Crippen LogP contribution in [-0.2, 0) is 4.79 Å². The first-order chi connectivity index (χ1) is 17.7. The molecule has 0 unspecified atom stereocenters. The second-order valence-electron chi connectivity index (χ2n) is 10.0. The summed E-state index contributed by atoms with van der Waals surface area (Å²) in [6.07, 6.45) is 2.71. The molecule has 8 heteroatoms. The van der Waals surface area contributed by atoms with Crippen molar-refractivity contribution in [3.05, 3.63) is 52.4 Å². The largest absolute Gasteiger partial charge is 0.493 e. The molecule has 2 aromatic rings. The van der Waals surface area contributed by atoms with Crippen molar-refractivity contribution < 1.29 is 19.1 Å². The molecule has 3 rings (SSSR count). The molecule has 200 valence electrons. The minimum atomic E-state index is -0.208. The fourth-order valence-electron chi connectivity index (χ4n) is 4.29. The van der Waals surface area contributed by atoms with E-state index in [1.807, 2.05) is 30.3 Å². The Morgan fingerprint density at radius 1 is 1.03 bits per heavy atom. The minimum Gasteiger partial charge on any atom is -0.493 e. The van der Waals surface area contributed by atoms with Crippen molar-refractivity contribution in [3.8, 4) is 11.5 Å². The molecule has 0 radical (unpaired) electrons. The van der Waals surface area contributed by atoms with Crippen LogP contribution in [0, 0.1) is 11.8 Å². The number of thioether (sulfide) groups is 1. The summed E-state index contributed by atoms with van der Waals surface area (Å²) in [4.78, 5) is 29.5. The van der Waals surface area contributed by atoms with Gasteiger partial charge < -0.3 is 25.0 Å². The van der Waals surface area contributed by atoms with Gasteiger partial charge in [-0.25, -0.2) is 0 Å². The van der Waals surface area contributed by atoms with E-state index in [0.29, 0.717) is 46.0 Å². The van der Waals surface area contributed by atoms with Gasteiger partial charge in [-0.3, -0.25) is 9.59 Å². The van der Waals surface area contributed by atoms with Crippen molar-refractivity contribution in [2.75, 3.05) is 45.7 Å². The molecule has 0 spiro atoms. The van der Waals surface area contributed by atoms with E-state index in [1.54, 1.807) is 26.4 Å². The number of benzene rings is 2. The molecule has 1 aliphatic heterocycles. The van der Waals surface area contributed by atoms with Gasteiger partial charge in [0.2, 0.25) is 0 Å². The highest BCUT2D eigenvalue weighted by Gasteiger charge is 2.22. The Hall–Kier alpha value is -2.97. The maximum atomic E-state index is 12.8. The minimum absolute atomic E-state index is 0.131. The molecule has 0 fully saturated rings. The lowest BCUT2D eigenvalue weighted by atomic mass is 10.1. The molecule has 1 aliphatic rings. The van der Waals surface area contributed by atoms with Crippen LogP contribution in [0.25, 0.3) is 6.08 Å². The number of hydrogen-bond donors (Lipinski definition) is 2. The second-order valence-corrected chi connectivity index (χ2v) is 11.1. The Bertz CT molecular complexity index is 1120. The Morgan fingerprint density at radius 3 is 2.38 bits per heavy atom. The highest BCUT2D eigenvalue weighted by molar-refractivity contribution is 8.04. The summed E-state index contributed by atoms with van der Waals surface area (Å²) in [7, 11) is 3.16. The van der Waals surface area contributed by atoms with Gasteiger partial charge >= 0.3 is 0 Å². The lowest BCUT2D eigenvalue weighted by Gasteiger charge is -2.26. The number of ether oxygens (including phenoxy) is 2. The number of carbonyl (C=O) groups excluding carboxylic acids is 2. The molecule has 2 amide bonds. The van der Waals surface area contributed by atoms with E-state index in [-0.39, 0.29) is 11.8 Å². The van der Waals surface area contributed by atoms with E-state index in [4.69, 9.17) is 9.47 Å². The molecule has 7 nitrogen and oxygen atoms in total. The molecule has 0 saturated carbocycles. The highest BCUT2D eigenvalue weighted by Crippen LogP contribution is 2.40. The first kappa shape index (κ1) is 28.6. The summed E-state index contributed by atoms with van der Waals surface area (Å²) < 4.78 is 10.6. The van der Waals surface area contributed by atoms with Gasteiger partial charge in [0, 0.05) is 30.1 Å². The lowest BCUT2D eigenvalue weighted by molar-refractivity contribution is -0.112. The predicted octanol–water partition coefficient (Wildman–Crippen LogP) is 5.52. The molecule has 0 aliphatic carbocycles. The van der Waals surface area contributed by atoms with Crippen molar-refractivity contribution in [2.45, 2.75) is 39.0 Å². The van der Waals surface area contributed by atoms with Gasteiger partial charge in [0.1, 0.15) is 0 Å². The van der Waals surface area contributed by atoms with Gasteiger partial charge in [0.25, 0.3) is 11.8 Å². The average molecular weight is 526 g/mol. The Kier molecular flexibility index (Phi) is 10.5. The third kappa shape index (κ3) is 8.27. The van der Waals surface area contributed by atoms with Crippen molar-refractivity contribution in [2.24, 2.45) is 11.8 Å². The van der Waals surface area contributed by atoms with E-state index in [1.165, 1.54) is 11.8 Å². The standard InChI is InChI=1S/C29H39N3O4S/c1-19(2)17-32(18-20(3)4)13-7-12-30-28(33)22-9-11-26-23(16-22)31-29(34)27(37-26)15-21-8-10-24(35-5)25(14-21)36-6/h8-11,14-16,19-20H,7,12-13,17-18H2,1-6H3,(H,30,33)(H,31,34)/b27-15+. The summed E-state index contributed by atoms with van der Waals surface area (Å²) in [5.74, 6) is 2.12. The van der Waals surface area contributed by atoms with Crippen molar-refractivity contribution in [1.29, 1.82) is 0 Å². The van der Waals surface area contributed by atoms with Crippen molar-refractivity contribution >= 4 is 35.3 Å². The summed E-state index contributed by atoms with van der Waals surface area (Å²) in [5, 5.41) is 5.95. The summed E-state index contributed by atoms with van der Waals surface area (Å²) in [5.41, 5.74) is 2.01. The molecule has 37 heavy (non-hydrogen) atoms. The lowest BCUT2D eigenvalue weighted by Crippen LogP contribution is -2.34. The van der Waals surface area contributed by atoms with E-state index in [9.17, 15) is 9.59 Å². The number of rotatable bonds is 12. The van der Waals surface area contributed by atoms with Crippen LogP contribution >= 0.6 is 11.8 Å². The SMILES string of the molecule is COc1ccc(/C=C2/Sc3ccc(C(=O)NCCCN(CC(C)C)CC(C)C)cc3NC2=O)cc1OC. The Balaban J connectivity index is 1.60. The van der Waals surface area contributed by atoms with E-state index in [0.717, 1.165) is 36.5 Å². The topological polar surface area (TPSA) is 79.9 Å². The van der Waals surface area contributed by atoms with Gasteiger partial charge in [0.05, 0.1) is 24.8 Å². The average Bonchev–Trinajstić information content (AvgIpc) is 2.85. The maximum Gasteiger partial charge on any atom is 0.262 e. The maximum absolute atomic E-state index is 12.8. The van der Waals surface area contributed by atoms with Crippen LogP contribution in [-0.4, -0.2) is 57.1 Å². The quantitative estimate of drug-likeness (QED) is 0.280. The smallest absolute Gasteiger partial charge is 0.262 e. The van der Waals surface area contributed by atoms with Crippen LogP contribution in [0.4, 0.5) is 5.69 Å². The molecule has 2 N–H and O–H groups in total. The summed E-state index contributed by atoms with van der Waals surface area (Å²) >= 11 is 1.38. The number of methoxy groups -OCH3 is 2. The Morgan fingerprint density at radius 2 is 1.73 bits per heavy atom. The van der Waals surface area contributed by atoms with Gasteiger partial charge in [-0.2, -0.15) is 0 Å². The van der Waals surface area contributed by atoms with Gasteiger partial charge in [0.15, 0.2) is 11.5 Å². The molecule has 0 bridgehead atoms. The van der Waals surface area contributed by atoms with Crippen molar-refractivity contribution in [1.82, 2.24) is 10.2 Å². The number of anilines is 1. The molecule has 2 aromatic carbocycles. The van der Waals surface area contributed by atoms with E-state index >= 15 is 0 Å². The van der Waals surface area contributed by atoms with E-state index < -0.39 is 0 Å². The number of amides is 2. The zero-order valence-electron chi connectivity index (χ0n) is 22.7. The normalized spacial score (nSPS) is 14.2. The zero-order valence-corrected chi connectivity index (χ0v) is 23.5. The zero-order chi connectivity index (χ0) is 26.9. The third-order valence-corrected chi connectivity index (χ3v) is 6.92. The second kappa shape index (κ2) is 13.5. The molecule has 0 atom stereocenters. The number of nitrogens with one attached hydrogen (secondary N) is 2. The first-order valence-corrected chi connectivity index (χ1v) is 13.6. The van der Waals surface area contributed by atoms with Crippen LogP contribution < -0.4 is 20.1 Å². The monoisotopic (exact) mass is 525 g/mol. The summed E-state index contributed by atoms with van der Waals surface area (Å²) in [6, 6.07) is 10.9. The van der Waals surface area contributed by atoms with E-state index in [2.05, 4.69) is 43.2 Å². The number of nitrogens with zero attached hydrogens (tertiary/aromatic N) is 1. The van der Waals surface area contributed by atoms with Crippen LogP contribution in [0.15, 0.2) is 46.2 Å². The fourth-order valence-corrected chi connectivity index (χ4v) is 5.22. The number of carbonyl (C=O) groups is 2. The third-order valence-electron chi connectivity index (χ3n) is 5.82. The predicted molar refractivity (Wildman–Crippen MR) is 152 cm³/mol. The number of hydrogen-bond acceptors (Lipinski definition) is 6. The molecular weight excluding hydrogens is 486 g/mol. The molecule has 0 saturated heterocycles. The van der Waals surface area contributed by atoms with Gasteiger partial charge in [-0.1, -0.05) is 45.5 Å². The molecule has 0 aromatic heterocycles. The van der Waals surface area contributed by atoms with Crippen LogP contribution in [0.3, 0.4) is 0 Å². The number of fused-ring (bicyclic) bond motifs is 1. The van der Waals surface area contributed by atoms with Gasteiger partial charge in [-0.15, -0.1) is 0 Å². The van der Waals surface area contributed by atoms with Gasteiger partial charge in [-0.05, 0) is 66.8 Å². The Labute approximate surface area is 225 Å². The molecule has 1 heterocycles. The highest BCUT2D eigenvalue weighted by atomic mass is 32.2. The van der Waals surface area contributed by atoms with Crippen LogP contribution in [0.2, 0.25) is 0 Å². The van der Waals surface area contributed by atoms with Crippen LogP contribution in [0.1, 0.15) is 50.0 Å². The van der Waals surface area contributed by atoms with Crippen LogP contribution in [0.5, 0.6) is 11.5 Å². The van der Waals surface area contributed by atoms with Crippen molar-refractivity contribution in [3.63, 3.8) is 0 Å². The summed E-state index contributed by atoms with van der Waals surface area (Å²) in [6.45, 7) is 12.6. The first-order valence-electron chi connectivity index (χ1n) is 12.8. The molecular formula is C29H39N3O4S.